The monoisotopic (exact) mass is 293 g/mol. The number of carboxylic acid groups (broad SMARTS) is 1. The molecule has 114 valence electrons. The van der Waals surface area contributed by atoms with E-state index in [1.807, 2.05) is 11.0 Å². The number of para-hydroxylation sites is 1. The van der Waals surface area contributed by atoms with Gasteiger partial charge in [0.2, 0.25) is 0 Å². The lowest BCUT2D eigenvalue weighted by molar-refractivity contribution is -0.384. The molecule has 0 aliphatic carbocycles. The number of anilines is 1. The highest BCUT2D eigenvalue weighted by molar-refractivity contribution is 5.67. The van der Waals surface area contributed by atoms with Gasteiger partial charge in [0.05, 0.1) is 11.3 Å². The number of hydrogen-bond acceptors (Lipinski definition) is 5. The van der Waals surface area contributed by atoms with E-state index in [1.165, 1.54) is 0 Å². The normalized spacial score (nSPS) is 16.0. The lowest BCUT2D eigenvalue weighted by Gasteiger charge is -2.35. The third-order valence-electron chi connectivity index (χ3n) is 3.75. The molecule has 0 aromatic heterocycles. The Morgan fingerprint density at radius 3 is 2.57 bits per heavy atom. The predicted octanol–water partition coefficient (Wildman–Crippen LogP) is 1.50. The molecule has 0 atom stereocenters. The van der Waals surface area contributed by atoms with Gasteiger partial charge in [0.1, 0.15) is 5.69 Å². The van der Waals surface area contributed by atoms with Crippen LogP contribution in [0.1, 0.15) is 12.0 Å². The number of aryl methyl sites for hydroxylation is 1. The maximum Gasteiger partial charge on any atom is 0.304 e. The summed E-state index contributed by atoms with van der Waals surface area (Å²) in [5, 5.41) is 19.9. The second-order valence-electron chi connectivity index (χ2n) is 5.17. The van der Waals surface area contributed by atoms with Crippen LogP contribution in [-0.2, 0) is 4.79 Å². The minimum atomic E-state index is -0.799. The molecule has 0 bridgehead atoms. The van der Waals surface area contributed by atoms with Crippen molar-refractivity contribution in [2.75, 3.05) is 37.6 Å². The highest BCUT2D eigenvalue weighted by Gasteiger charge is 2.25. The Hall–Kier alpha value is -2.15. The lowest BCUT2D eigenvalue weighted by Crippen LogP contribution is -2.47. The van der Waals surface area contributed by atoms with E-state index in [4.69, 9.17) is 5.11 Å². The molecule has 7 heteroatoms. The fourth-order valence-corrected chi connectivity index (χ4v) is 2.60. The Labute approximate surface area is 122 Å². The topological polar surface area (TPSA) is 86.9 Å². The van der Waals surface area contributed by atoms with Crippen LogP contribution < -0.4 is 4.90 Å². The van der Waals surface area contributed by atoms with Crippen LogP contribution in [-0.4, -0.2) is 53.6 Å². The van der Waals surface area contributed by atoms with Crippen molar-refractivity contribution >= 4 is 17.3 Å². The number of aliphatic carboxylic acids is 1. The van der Waals surface area contributed by atoms with Gasteiger partial charge in [-0.15, -0.1) is 0 Å². The van der Waals surface area contributed by atoms with Crippen LogP contribution in [0.3, 0.4) is 0 Å². The maximum absolute atomic E-state index is 11.2. The van der Waals surface area contributed by atoms with E-state index in [1.54, 1.807) is 19.1 Å². The number of nitrogens with zero attached hydrogens (tertiary/aromatic N) is 3. The zero-order chi connectivity index (χ0) is 15.4. The second-order valence-corrected chi connectivity index (χ2v) is 5.17. The van der Waals surface area contributed by atoms with Crippen LogP contribution in [0.5, 0.6) is 0 Å². The SMILES string of the molecule is Cc1cccc(N2CCN(CCC(=O)O)CC2)c1[N+](=O)[O-]. The molecule has 21 heavy (non-hydrogen) atoms. The van der Waals surface area contributed by atoms with Crippen molar-refractivity contribution in [3.05, 3.63) is 33.9 Å². The number of hydrogen-bond donors (Lipinski definition) is 1. The fourth-order valence-electron chi connectivity index (χ4n) is 2.60. The zero-order valence-electron chi connectivity index (χ0n) is 12.0. The molecule has 1 aliphatic rings. The quantitative estimate of drug-likeness (QED) is 0.654. The summed E-state index contributed by atoms with van der Waals surface area (Å²) in [7, 11) is 0. The lowest BCUT2D eigenvalue weighted by atomic mass is 10.1. The predicted molar refractivity (Wildman–Crippen MR) is 78.7 cm³/mol. The first-order chi connectivity index (χ1) is 9.99. The Morgan fingerprint density at radius 1 is 1.33 bits per heavy atom. The summed E-state index contributed by atoms with van der Waals surface area (Å²) in [6.07, 6.45) is 0.130. The highest BCUT2D eigenvalue weighted by atomic mass is 16.6. The molecule has 1 heterocycles. The van der Waals surface area contributed by atoms with Crippen LogP contribution >= 0.6 is 0 Å². The molecule has 1 fully saturated rings. The van der Waals surface area contributed by atoms with Crippen molar-refractivity contribution < 1.29 is 14.8 Å². The molecule has 1 saturated heterocycles. The maximum atomic E-state index is 11.2. The van der Waals surface area contributed by atoms with E-state index >= 15 is 0 Å². The third-order valence-corrected chi connectivity index (χ3v) is 3.75. The average molecular weight is 293 g/mol. The summed E-state index contributed by atoms with van der Waals surface area (Å²) in [5.74, 6) is -0.799. The molecular weight excluding hydrogens is 274 g/mol. The van der Waals surface area contributed by atoms with Crippen LogP contribution in [0.4, 0.5) is 11.4 Å². The first-order valence-corrected chi connectivity index (χ1v) is 6.92. The van der Waals surface area contributed by atoms with E-state index in [-0.39, 0.29) is 17.0 Å². The molecular formula is C14H19N3O4. The molecule has 0 unspecified atom stereocenters. The molecule has 0 radical (unpaired) electrons. The number of nitro groups is 1. The Morgan fingerprint density at radius 2 is 2.00 bits per heavy atom. The molecule has 1 aromatic carbocycles. The van der Waals surface area contributed by atoms with Gasteiger partial charge in [-0.25, -0.2) is 0 Å². The van der Waals surface area contributed by atoms with Crippen molar-refractivity contribution in [1.82, 2.24) is 4.90 Å². The van der Waals surface area contributed by atoms with Crippen molar-refractivity contribution in [1.29, 1.82) is 0 Å². The standard InChI is InChI=1S/C14H19N3O4/c1-11-3-2-4-12(14(11)17(20)21)16-9-7-15(8-10-16)6-5-13(18)19/h2-4H,5-10H2,1H3,(H,18,19). The molecule has 0 amide bonds. The largest absolute Gasteiger partial charge is 0.481 e. The Balaban J connectivity index is 2.04. The summed E-state index contributed by atoms with van der Waals surface area (Å²) >= 11 is 0. The third kappa shape index (κ3) is 3.69. The van der Waals surface area contributed by atoms with Crippen molar-refractivity contribution in [3.63, 3.8) is 0 Å². The van der Waals surface area contributed by atoms with Gasteiger partial charge in [0.15, 0.2) is 0 Å². The molecule has 7 nitrogen and oxygen atoms in total. The van der Waals surface area contributed by atoms with Gasteiger partial charge in [0.25, 0.3) is 5.69 Å². The number of benzene rings is 1. The van der Waals surface area contributed by atoms with E-state index < -0.39 is 5.97 Å². The fraction of sp³-hybridized carbons (Fsp3) is 0.500. The van der Waals surface area contributed by atoms with E-state index in [2.05, 4.69) is 4.90 Å². The van der Waals surface area contributed by atoms with E-state index in [0.29, 0.717) is 30.9 Å². The van der Waals surface area contributed by atoms with E-state index in [0.717, 1.165) is 13.1 Å². The van der Waals surface area contributed by atoms with Gasteiger partial charge in [-0.1, -0.05) is 12.1 Å². The number of nitro benzene ring substituents is 1. The van der Waals surface area contributed by atoms with Gasteiger partial charge in [-0.05, 0) is 13.0 Å². The van der Waals surface area contributed by atoms with E-state index in [9.17, 15) is 14.9 Å². The summed E-state index contributed by atoms with van der Waals surface area (Å²) < 4.78 is 0. The smallest absolute Gasteiger partial charge is 0.304 e. The van der Waals surface area contributed by atoms with Gasteiger partial charge in [-0.3, -0.25) is 19.8 Å². The Bertz CT molecular complexity index is 539. The number of rotatable bonds is 5. The summed E-state index contributed by atoms with van der Waals surface area (Å²) in [5.41, 5.74) is 1.47. The van der Waals surface area contributed by atoms with Crippen LogP contribution in [0.2, 0.25) is 0 Å². The van der Waals surface area contributed by atoms with Crippen LogP contribution in [0.15, 0.2) is 18.2 Å². The van der Waals surface area contributed by atoms with Gasteiger partial charge in [-0.2, -0.15) is 0 Å². The number of carboxylic acids is 1. The van der Waals surface area contributed by atoms with Crippen LogP contribution in [0.25, 0.3) is 0 Å². The molecule has 1 aromatic rings. The molecule has 1 aliphatic heterocycles. The first kappa shape index (κ1) is 15.2. The van der Waals surface area contributed by atoms with Crippen molar-refractivity contribution in [2.24, 2.45) is 0 Å². The minimum absolute atomic E-state index is 0.130. The van der Waals surface area contributed by atoms with Gasteiger partial charge < -0.3 is 10.0 Å². The van der Waals surface area contributed by atoms with Gasteiger partial charge >= 0.3 is 5.97 Å². The van der Waals surface area contributed by atoms with Crippen molar-refractivity contribution in [2.45, 2.75) is 13.3 Å². The first-order valence-electron chi connectivity index (χ1n) is 6.92. The minimum Gasteiger partial charge on any atom is -0.481 e. The Kier molecular flexibility index (Phi) is 4.74. The summed E-state index contributed by atoms with van der Waals surface area (Å²) in [6, 6.07) is 5.34. The van der Waals surface area contributed by atoms with Crippen LogP contribution in [0, 0.1) is 17.0 Å². The number of carbonyl (C=O) groups is 1. The molecule has 0 saturated carbocycles. The second kappa shape index (κ2) is 6.53. The summed E-state index contributed by atoms with van der Waals surface area (Å²) in [6.45, 7) is 5.05. The number of piperazine rings is 1. The zero-order valence-corrected chi connectivity index (χ0v) is 12.0. The molecule has 2 rings (SSSR count). The van der Waals surface area contributed by atoms with Crippen molar-refractivity contribution in [3.8, 4) is 0 Å². The van der Waals surface area contributed by atoms with Gasteiger partial charge in [0, 0.05) is 38.3 Å². The average Bonchev–Trinajstić information content (AvgIpc) is 2.45. The molecule has 1 N–H and O–H groups in total. The highest BCUT2D eigenvalue weighted by Crippen LogP contribution is 2.31. The molecule has 0 spiro atoms. The summed E-state index contributed by atoms with van der Waals surface area (Å²) in [4.78, 5) is 25.5.